The van der Waals surface area contributed by atoms with E-state index in [2.05, 4.69) is 10.2 Å². The summed E-state index contributed by atoms with van der Waals surface area (Å²) in [4.78, 5) is 7.34. The minimum Gasteiger partial charge on any atom is -0.354 e. The zero-order valence-corrected chi connectivity index (χ0v) is 15.5. The highest BCUT2D eigenvalue weighted by Crippen LogP contribution is 2.43. The van der Waals surface area contributed by atoms with E-state index in [9.17, 15) is 8.42 Å². The summed E-state index contributed by atoms with van der Waals surface area (Å²) in [6.45, 7) is 2.92. The molecule has 6 heteroatoms. The molecular formula is C18H31N3O2S. The Hall–Kier alpha value is -0.780. The Bertz CT molecular complexity index is 591. The number of nitrogens with zero attached hydrogens (tertiary/aromatic N) is 2. The zero-order chi connectivity index (χ0) is 16.6. The highest BCUT2D eigenvalue weighted by molar-refractivity contribution is 7.91. The van der Waals surface area contributed by atoms with Crippen LogP contribution in [0.15, 0.2) is 4.99 Å². The van der Waals surface area contributed by atoms with Crippen LogP contribution < -0.4 is 5.32 Å². The maximum atomic E-state index is 11.7. The van der Waals surface area contributed by atoms with Gasteiger partial charge >= 0.3 is 0 Å². The summed E-state index contributed by atoms with van der Waals surface area (Å²) in [6, 6.07) is 0.596. The van der Waals surface area contributed by atoms with Crippen LogP contribution in [-0.2, 0) is 9.84 Å². The van der Waals surface area contributed by atoms with Gasteiger partial charge in [0.2, 0.25) is 0 Å². The van der Waals surface area contributed by atoms with Gasteiger partial charge in [0.15, 0.2) is 15.8 Å². The average Bonchev–Trinajstić information content (AvgIpc) is 3.19. The fraction of sp³-hybridized carbons (Fsp3) is 0.944. The molecule has 4 rings (SSSR count). The number of sulfone groups is 1. The first-order chi connectivity index (χ1) is 11.5. The molecule has 0 aromatic heterocycles. The molecule has 2 aliphatic heterocycles. The molecular weight excluding hydrogens is 322 g/mol. The van der Waals surface area contributed by atoms with Gasteiger partial charge in [-0.15, -0.1) is 0 Å². The molecule has 4 aliphatic rings. The summed E-state index contributed by atoms with van der Waals surface area (Å²) >= 11 is 0. The molecule has 0 radical (unpaired) electrons. The van der Waals surface area contributed by atoms with Gasteiger partial charge < -0.3 is 10.2 Å². The van der Waals surface area contributed by atoms with Gasteiger partial charge in [-0.1, -0.05) is 19.3 Å². The monoisotopic (exact) mass is 353 g/mol. The molecule has 4 fully saturated rings. The SMILES string of the molecule is O=S1(=O)CCC(CN=C(NC2CC2)N2CCC3(CCCCC3)C2)C1. The first-order valence-electron chi connectivity index (χ1n) is 9.80. The van der Waals surface area contributed by atoms with E-state index in [1.54, 1.807) is 0 Å². The number of hydrogen-bond donors (Lipinski definition) is 1. The van der Waals surface area contributed by atoms with Crippen LogP contribution in [0, 0.1) is 11.3 Å². The fourth-order valence-electron chi connectivity index (χ4n) is 4.70. The van der Waals surface area contributed by atoms with Crippen LogP contribution >= 0.6 is 0 Å². The van der Waals surface area contributed by atoms with E-state index < -0.39 is 9.84 Å². The second-order valence-electron chi connectivity index (χ2n) is 8.58. The predicted octanol–water partition coefficient (Wildman–Crippen LogP) is 2.19. The summed E-state index contributed by atoms with van der Waals surface area (Å²) in [6.07, 6.45) is 11.5. The second kappa shape index (κ2) is 6.50. The number of aliphatic imine (C=N–C) groups is 1. The van der Waals surface area contributed by atoms with Crippen molar-refractivity contribution in [3.05, 3.63) is 0 Å². The molecule has 5 nitrogen and oxygen atoms in total. The molecule has 1 unspecified atom stereocenters. The van der Waals surface area contributed by atoms with Gasteiger partial charge in [0.05, 0.1) is 11.5 Å². The number of nitrogens with one attached hydrogen (secondary N) is 1. The number of likely N-dealkylation sites (tertiary alicyclic amines) is 1. The van der Waals surface area contributed by atoms with Crippen molar-refractivity contribution in [1.29, 1.82) is 0 Å². The Morgan fingerprint density at radius 2 is 1.92 bits per heavy atom. The van der Waals surface area contributed by atoms with Crippen LogP contribution in [0.4, 0.5) is 0 Å². The van der Waals surface area contributed by atoms with Gasteiger partial charge in [-0.05, 0) is 49.9 Å². The highest BCUT2D eigenvalue weighted by Gasteiger charge is 2.40. The van der Waals surface area contributed by atoms with E-state index >= 15 is 0 Å². The lowest BCUT2D eigenvalue weighted by Gasteiger charge is -2.33. The molecule has 1 atom stereocenters. The topological polar surface area (TPSA) is 61.8 Å². The van der Waals surface area contributed by atoms with Crippen molar-refractivity contribution < 1.29 is 8.42 Å². The Morgan fingerprint density at radius 3 is 2.58 bits per heavy atom. The molecule has 2 heterocycles. The molecule has 1 N–H and O–H groups in total. The lowest BCUT2D eigenvalue weighted by atomic mass is 9.73. The van der Waals surface area contributed by atoms with Crippen molar-refractivity contribution >= 4 is 15.8 Å². The Kier molecular flexibility index (Phi) is 4.52. The molecule has 1 spiro atoms. The van der Waals surface area contributed by atoms with Crippen LogP contribution in [0.1, 0.15) is 57.8 Å². The van der Waals surface area contributed by atoms with Gasteiger partial charge in [0.1, 0.15) is 0 Å². The number of guanidine groups is 1. The van der Waals surface area contributed by atoms with Crippen molar-refractivity contribution in [3.63, 3.8) is 0 Å². The zero-order valence-electron chi connectivity index (χ0n) is 14.7. The van der Waals surface area contributed by atoms with Crippen molar-refractivity contribution in [2.24, 2.45) is 16.3 Å². The molecule has 0 amide bonds. The van der Waals surface area contributed by atoms with E-state index in [-0.39, 0.29) is 5.92 Å². The highest BCUT2D eigenvalue weighted by atomic mass is 32.2. The Labute approximate surface area is 146 Å². The van der Waals surface area contributed by atoms with Crippen molar-refractivity contribution in [3.8, 4) is 0 Å². The smallest absolute Gasteiger partial charge is 0.194 e. The van der Waals surface area contributed by atoms with Crippen LogP contribution in [-0.4, -0.2) is 56.5 Å². The third kappa shape index (κ3) is 3.89. The molecule has 136 valence electrons. The summed E-state index contributed by atoms with van der Waals surface area (Å²) in [5.74, 6) is 1.96. The summed E-state index contributed by atoms with van der Waals surface area (Å²) < 4.78 is 23.3. The minimum atomic E-state index is -2.80. The molecule has 24 heavy (non-hydrogen) atoms. The van der Waals surface area contributed by atoms with Crippen molar-refractivity contribution in [2.45, 2.75) is 63.8 Å². The van der Waals surface area contributed by atoms with Gasteiger partial charge in [0.25, 0.3) is 0 Å². The maximum Gasteiger partial charge on any atom is 0.194 e. The van der Waals surface area contributed by atoms with Gasteiger partial charge in [0, 0.05) is 25.7 Å². The Balaban J connectivity index is 1.41. The minimum absolute atomic E-state index is 0.220. The van der Waals surface area contributed by atoms with E-state index in [1.165, 1.54) is 51.4 Å². The molecule has 2 saturated heterocycles. The van der Waals surface area contributed by atoms with Crippen molar-refractivity contribution in [1.82, 2.24) is 10.2 Å². The fourth-order valence-corrected chi connectivity index (χ4v) is 6.55. The van der Waals surface area contributed by atoms with E-state index in [4.69, 9.17) is 4.99 Å². The molecule has 0 aromatic carbocycles. The molecule has 0 bridgehead atoms. The summed E-state index contributed by atoms with van der Waals surface area (Å²) in [5, 5.41) is 3.63. The molecule has 0 aromatic rings. The largest absolute Gasteiger partial charge is 0.354 e. The van der Waals surface area contributed by atoms with E-state index in [0.717, 1.165) is 25.5 Å². The quantitative estimate of drug-likeness (QED) is 0.624. The van der Waals surface area contributed by atoms with Gasteiger partial charge in [-0.2, -0.15) is 0 Å². The first kappa shape index (κ1) is 16.7. The third-order valence-corrected chi connectivity index (χ3v) is 8.23. The Morgan fingerprint density at radius 1 is 1.12 bits per heavy atom. The lowest BCUT2D eigenvalue weighted by Crippen LogP contribution is -2.43. The standard InChI is InChI=1S/C18H31N3O2S/c22-24(23)11-6-15(13-24)12-19-17(20-16-4-5-16)21-10-9-18(14-21)7-2-1-3-8-18/h15-16H,1-14H2,(H,19,20). The molecule has 2 saturated carbocycles. The summed E-state index contributed by atoms with van der Waals surface area (Å²) in [5.41, 5.74) is 0.529. The average molecular weight is 354 g/mol. The normalized spacial score (nSPS) is 32.4. The first-order valence-corrected chi connectivity index (χ1v) is 11.6. The number of hydrogen-bond acceptors (Lipinski definition) is 3. The van der Waals surface area contributed by atoms with Crippen LogP contribution in [0.25, 0.3) is 0 Å². The second-order valence-corrected chi connectivity index (χ2v) is 10.8. The predicted molar refractivity (Wildman–Crippen MR) is 96.9 cm³/mol. The van der Waals surface area contributed by atoms with E-state index in [1.807, 2.05) is 0 Å². The maximum absolute atomic E-state index is 11.7. The van der Waals surface area contributed by atoms with Crippen LogP contribution in [0.2, 0.25) is 0 Å². The van der Waals surface area contributed by atoms with Gasteiger partial charge in [-0.25, -0.2) is 8.42 Å². The van der Waals surface area contributed by atoms with Crippen LogP contribution in [0.3, 0.4) is 0 Å². The summed E-state index contributed by atoms with van der Waals surface area (Å²) in [7, 11) is -2.80. The van der Waals surface area contributed by atoms with Gasteiger partial charge in [-0.3, -0.25) is 4.99 Å². The third-order valence-electron chi connectivity index (χ3n) is 6.39. The molecule has 2 aliphatic carbocycles. The van der Waals surface area contributed by atoms with E-state index in [0.29, 0.717) is 29.5 Å². The van der Waals surface area contributed by atoms with Crippen molar-refractivity contribution in [2.75, 3.05) is 31.1 Å². The number of rotatable bonds is 3. The van der Waals surface area contributed by atoms with Crippen LogP contribution in [0.5, 0.6) is 0 Å². The lowest BCUT2D eigenvalue weighted by molar-refractivity contribution is 0.203.